The Balaban J connectivity index is 2.01. The molecule has 2 aromatic rings. The molecule has 0 aliphatic carbocycles. The highest BCUT2D eigenvalue weighted by molar-refractivity contribution is 7.09. The van der Waals surface area contributed by atoms with Gasteiger partial charge >= 0.3 is 0 Å². The molecule has 1 N–H and O–H groups in total. The van der Waals surface area contributed by atoms with Crippen molar-refractivity contribution in [2.24, 2.45) is 0 Å². The molecule has 1 aromatic heterocycles. The van der Waals surface area contributed by atoms with Gasteiger partial charge in [0.2, 0.25) is 11.8 Å². The van der Waals surface area contributed by atoms with Crippen LogP contribution in [-0.2, 0) is 9.59 Å². The molecule has 5 heteroatoms. The molecule has 2 amide bonds. The minimum absolute atomic E-state index is 0.168. The summed E-state index contributed by atoms with van der Waals surface area (Å²) in [5.41, 5.74) is 2.08. The van der Waals surface area contributed by atoms with E-state index in [1.54, 1.807) is 6.20 Å². The zero-order valence-corrected chi connectivity index (χ0v) is 11.8. The predicted molar refractivity (Wildman–Crippen MR) is 76.5 cm³/mol. The Morgan fingerprint density at radius 3 is 2.65 bits per heavy atom. The van der Waals surface area contributed by atoms with Crippen molar-refractivity contribution in [2.75, 3.05) is 0 Å². The summed E-state index contributed by atoms with van der Waals surface area (Å²) in [5.74, 6) is -0.970. The zero-order valence-electron chi connectivity index (χ0n) is 11.0. The quantitative estimate of drug-likeness (QED) is 0.862. The summed E-state index contributed by atoms with van der Waals surface area (Å²) in [5, 5.41) is 5.15. The summed E-state index contributed by atoms with van der Waals surface area (Å²) in [7, 11) is 0. The smallest absolute Gasteiger partial charge is 0.234 e. The molecule has 1 aliphatic heterocycles. The van der Waals surface area contributed by atoms with Gasteiger partial charge in [0.05, 0.1) is 10.9 Å². The number of aryl methyl sites for hydroxylation is 1. The Bertz CT molecular complexity index is 634. The Kier molecular flexibility index (Phi) is 3.36. The van der Waals surface area contributed by atoms with Gasteiger partial charge < -0.3 is 0 Å². The number of nitrogens with zero attached hydrogens (tertiary/aromatic N) is 1. The molecule has 0 radical (unpaired) electrons. The number of hydrogen-bond donors (Lipinski definition) is 1. The Hall–Kier alpha value is -2.01. The molecular formula is C15H14N2O2S. The Labute approximate surface area is 120 Å². The van der Waals surface area contributed by atoms with Crippen LogP contribution in [0.4, 0.5) is 0 Å². The molecule has 2 heterocycles. The number of imide groups is 1. The van der Waals surface area contributed by atoms with Crippen LogP contribution < -0.4 is 5.32 Å². The van der Waals surface area contributed by atoms with Gasteiger partial charge in [0, 0.05) is 23.9 Å². The molecule has 1 aliphatic rings. The number of thiazole rings is 1. The lowest BCUT2D eigenvalue weighted by molar-refractivity contribution is -0.135. The number of benzene rings is 1. The van der Waals surface area contributed by atoms with E-state index >= 15 is 0 Å². The van der Waals surface area contributed by atoms with Crippen LogP contribution >= 0.6 is 11.3 Å². The van der Waals surface area contributed by atoms with E-state index in [0.29, 0.717) is 6.42 Å². The highest BCUT2D eigenvalue weighted by atomic mass is 32.1. The highest BCUT2D eigenvalue weighted by Crippen LogP contribution is 2.39. The van der Waals surface area contributed by atoms with Gasteiger partial charge in [-0.1, -0.05) is 29.8 Å². The highest BCUT2D eigenvalue weighted by Gasteiger charge is 2.39. The summed E-state index contributed by atoms with van der Waals surface area (Å²) in [6.45, 7) is 2.01. The van der Waals surface area contributed by atoms with E-state index in [1.165, 1.54) is 11.3 Å². The molecule has 0 spiro atoms. The maximum atomic E-state index is 12.2. The van der Waals surface area contributed by atoms with E-state index < -0.39 is 0 Å². The van der Waals surface area contributed by atoms with Crippen molar-refractivity contribution in [3.63, 3.8) is 0 Å². The second-order valence-corrected chi connectivity index (χ2v) is 5.91. The lowest BCUT2D eigenvalue weighted by atomic mass is 9.80. The lowest BCUT2D eigenvalue weighted by Gasteiger charge is -2.29. The van der Waals surface area contributed by atoms with Crippen molar-refractivity contribution in [3.8, 4) is 0 Å². The van der Waals surface area contributed by atoms with Gasteiger partial charge in [-0.15, -0.1) is 11.3 Å². The molecule has 1 aromatic carbocycles. The van der Waals surface area contributed by atoms with Crippen molar-refractivity contribution >= 4 is 23.2 Å². The van der Waals surface area contributed by atoms with Crippen LogP contribution in [-0.4, -0.2) is 16.8 Å². The van der Waals surface area contributed by atoms with Gasteiger partial charge in [-0.2, -0.15) is 0 Å². The van der Waals surface area contributed by atoms with E-state index in [9.17, 15) is 9.59 Å². The fourth-order valence-electron chi connectivity index (χ4n) is 2.57. The molecule has 4 nitrogen and oxygen atoms in total. The topological polar surface area (TPSA) is 59.1 Å². The molecular weight excluding hydrogens is 272 g/mol. The molecule has 2 atom stereocenters. The average molecular weight is 286 g/mol. The second-order valence-electron chi connectivity index (χ2n) is 4.98. The summed E-state index contributed by atoms with van der Waals surface area (Å²) in [4.78, 5) is 28.2. The summed E-state index contributed by atoms with van der Waals surface area (Å²) >= 11 is 1.49. The lowest BCUT2D eigenvalue weighted by Crippen LogP contribution is -2.43. The number of aromatic nitrogens is 1. The van der Waals surface area contributed by atoms with Gasteiger partial charge in [0.1, 0.15) is 0 Å². The first-order chi connectivity index (χ1) is 9.65. The minimum Gasteiger partial charge on any atom is -0.296 e. The summed E-state index contributed by atoms with van der Waals surface area (Å²) < 4.78 is 0. The summed E-state index contributed by atoms with van der Waals surface area (Å²) in [6, 6.07) is 7.88. The second kappa shape index (κ2) is 5.17. The Morgan fingerprint density at radius 1 is 1.25 bits per heavy atom. The number of amides is 2. The first-order valence-corrected chi connectivity index (χ1v) is 7.33. The third-order valence-electron chi connectivity index (χ3n) is 3.56. The normalized spacial score (nSPS) is 22.6. The summed E-state index contributed by atoms with van der Waals surface area (Å²) in [6.07, 6.45) is 2.01. The molecule has 1 fully saturated rings. The maximum Gasteiger partial charge on any atom is 0.234 e. The molecule has 1 saturated heterocycles. The molecule has 20 heavy (non-hydrogen) atoms. The van der Waals surface area contributed by atoms with Crippen molar-refractivity contribution < 1.29 is 9.59 Å². The fraction of sp³-hybridized carbons (Fsp3) is 0.267. The Morgan fingerprint density at radius 2 is 2.00 bits per heavy atom. The van der Waals surface area contributed by atoms with E-state index in [1.807, 2.05) is 36.6 Å². The molecule has 0 saturated carbocycles. The van der Waals surface area contributed by atoms with Crippen LogP contribution in [0.25, 0.3) is 0 Å². The largest absolute Gasteiger partial charge is 0.296 e. The maximum absolute atomic E-state index is 12.2. The predicted octanol–water partition coefficient (Wildman–Crippen LogP) is 2.37. The van der Waals surface area contributed by atoms with Crippen LogP contribution in [0.2, 0.25) is 0 Å². The number of carbonyl (C=O) groups excluding carboxylic acids is 2. The SMILES string of the molecule is Cc1ccc(C2C(=O)NC(=O)CC2c2nccs2)cc1. The first kappa shape index (κ1) is 13.0. The van der Waals surface area contributed by atoms with Crippen LogP contribution in [0, 0.1) is 6.92 Å². The van der Waals surface area contributed by atoms with Gasteiger partial charge in [-0.25, -0.2) is 4.98 Å². The van der Waals surface area contributed by atoms with Crippen LogP contribution in [0.1, 0.15) is 34.4 Å². The number of rotatable bonds is 2. The van der Waals surface area contributed by atoms with Crippen LogP contribution in [0.5, 0.6) is 0 Å². The van der Waals surface area contributed by atoms with Gasteiger partial charge in [-0.05, 0) is 12.5 Å². The van der Waals surface area contributed by atoms with E-state index in [-0.39, 0.29) is 23.7 Å². The van der Waals surface area contributed by atoms with E-state index in [2.05, 4.69) is 10.3 Å². The zero-order chi connectivity index (χ0) is 14.1. The van der Waals surface area contributed by atoms with Gasteiger partial charge in [-0.3, -0.25) is 14.9 Å². The van der Waals surface area contributed by atoms with Crippen LogP contribution in [0.15, 0.2) is 35.8 Å². The third kappa shape index (κ3) is 2.36. The van der Waals surface area contributed by atoms with Crippen molar-refractivity contribution in [1.82, 2.24) is 10.3 Å². The number of nitrogens with one attached hydrogen (secondary N) is 1. The van der Waals surface area contributed by atoms with Crippen LogP contribution in [0.3, 0.4) is 0 Å². The monoisotopic (exact) mass is 286 g/mol. The minimum atomic E-state index is -0.348. The first-order valence-electron chi connectivity index (χ1n) is 6.45. The number of hydrogen-bond acceptors (Lipinski definition) is 4. The average Bonchev–Trinajstić information content (AvgIpc) is 2.93. The molecule has 0 bridgehead atoms. The van der Waals surface area contributed by atoms with Crippen molar-refractivity contribution in [2.45, 2.75) is 25.2 Å². The fourth-order valence-corrected chi connectivity index (χ4v) is 3.35. The van der Waals surface area contributed by atoms with Gasteiger partial charge in [0.25, 0.3) is 0 Å². The van der Waals surface area contributed by atoms with Crippen molar-refractivity contribution in [3.05, 3.63) is 52.0 Å². The standard InChI is InChI=1S/C15H14N2O2S/c1-9-2-4-10(5-3-9)13-11(15-16-6-7-20-15)8-12(18)17-14(13)19/h2-7,11,13H,8H2,1H3,(H,17,18,19). The molecule has 2 unspecified atom stereocenters. The van der Waals surface area contributed by atoms with E-state index in [0.717, 1.165) is 16.1 Å². The van der Waals surface area contributed by atoms with E-state index in [4.69, 9.17) is 0 Å². The number of carbonyl (C=O) groups is 2. The molecule has 3 rings (SSSR count). The number of piperidine rings is 1. The molecule has 102 valence electrons. The van der Waals surface area contributed by atoms with Gasteiger partial charge in [0.15, 0.2) is 0 Å². The third-order valence-corrected chi connectivity index (χ3v) is 4.47. The van der Waals surface area contributed by atoms with Crippen molar-refractivity contribution in [1.29, 1.82) is 0 Å².